The first kappa shape index (κ1) is 15.9. The summed E-state index contributed by atoms with van der Waals surface area (Å²) in [6, 6.07) is 3.08. The lowest BCUT2D eigenvalue weighted by Gasteiger charge is -2.17. The molecule has 1 amide bonds. The Morgan fingerprint density at radius 3 is 2.37 bits per heavy atom. The van der Waals surface area contributed by atoms with Crippen molar-refractivity contribution in [3.8, 4) is 0 Å². The van der Waals surface area contributed by atoms with Crippen LogP contribution >= 0.6 is 10.7 Å². The van der Waals surface area contributed by atoms with Crippen LogP contribution in [-0.4, -0.2) is 14.3 Å². The molecule has 0 saturated heterocycles. The molecule has 0 bridgehead atoms. The van der Waals surface area contributed by atoms with Crippen LogP contribution in [0.3, 0.4) is 0 Å². The van der Waals surface area contributed by atoms with Crippen LogP contribution in [-0.2, 0) is 13.8 Å². The minimum Gasteiger partial charge on any atom is -0.324 e. The summed E-state index contributed by atoms with van der Waals surface area (Å²) >= 11 is 0. The first-order valence-electron chi connectivity index (χ1n) is 5.53. The van der Waals surface area contributed by atoms with Crippen LogP contribution in [0.5, 0.6) is 0 Å². The number of carbonyl (C=O) groups excluding carboxylic acids is 1. The SMILES string of the molecule is CC(C)(C)CC(=O)Nc1ccc(S(=O)(=O)Cl)cc1F. The fourth-order valence-corrected chi connectivity index (χ4v) is 2.19. The Bertz CT molecular complexity index is 593. The third-order valence-corrected chi connectivity index (χ3v) is 3.54. The van der Waals surface area contributed by atoms with E-state index < -0.39 is 14.9 Å². The highest BCUT2D eigenvalue weighted by Gasteiger charge is 2.18. The number of hydrogen-bond donors (Lipinski definition) is 1. The second-order valence-corrected chi connectivity index (χ2v) is 7.93. The molecule has 0 aliphatic carbocycles. The summed E-state index contributed by atoms with van der Waals surface area (Å²) in [5.74, 6) is -1.18. The van der Waals surface area contributed by atoms with E-state index in [1.165, 1.54) is 6.07 Å². The van der Waals surface area contributed by atoms with Crippen molar-refractivity contribution in [2.24, 2.45) is 5.41 Å². The average molecular weight is 308 g/mol. The molecule has 1 aromatic carbocycles. The van der Waals surface area contributed by atoms with Crippen LogP contribution in [0.4, 0.5) is 10.1 Å². The summed E-state index contributed by atoms with van der Waals surface area (Å²) in [5, 5.41) is 2.39. The standard InChI is InChI=1S/C12H15ClFNO3S/c1-12(2,3)7-11(16)15-10-5-4-8(6-9(10)14)19(13,17)18/h4-6H,7H2,1-3H3,(H,15,16). The Kier molecular flexibility index (Phi) is 4.58. The topological polar surface area (TPSA) is 63.2 Å². The Morgan fingerprint density at radius 2 is 1.95 bits per heavy atom. The second-order valence-electron chi connectivity index (χ2n) is 5.37. The molecule has 1 N–H and O–H groups in total. The van der Waals surface area contributed by atoms with Crippen molar-refractivity contribution in [2.45, 2.75) is 32.1 Å². The van der Waals surface area contributed by atoms with E-state index in [1.807, 2.05) is 20.8 Å². The van der Waals surface area contributed by atoms with Crippen LogP contribution < -0.4 is 5.32 Å². The predicted molar refractivity (Wildman–Crippen MR) is 72.1 cm³/mol. The lowest BCUT2D eigenvalue weighted by molar-refractivity contribution is -0.117. The number of halogens is 2. The summed E-state index contributed by atoms with van der Waals surface area (Å²) < 4.78 is 35.7. The van der Waals surface area contributed by atoms with Crippen molar-refractivity contribution in [2.75, 3.05) is 5.32 Å². The van der Waals surface area contributed by atoms with Crippen molar-refractivity contribution in [1.82, 2.24) is 0 Å². The van der Waals surface area contributed by atoms with Gasteiger partial charge >= 0.3 is 0 Å². The van der Waals surface area contributed by atoms with Gasteiger partial charge in [-0.25, -0.2) is 12.8 Å². The maximum absolute atomic E-state index is 13.6. The molecule has 0 saturated carbocycles. The molecule has 19 heavy (non-hydrogen) atoms. The monoisotopic (exact) mass is 307 g/mol. The molecular weight excluding hydrogens is 293 g/mol. The summed E-state index contributed by atoms with van der Waals surface area (Å²) in [6.45, 7) is 5.64. The van der Waals surface area contributed by atoms with Gasteiger partial charge in [-0.15, -0.1) is 0 Å². The molecule has 1 aromatic rings. The average Bonchev–Trinajstić information content (AvgIpc) is 2.16. The molecule has 1 rings (SSSR count). The minimum atomic E-state index is -3.98. The van der Waals surface area contributed by atoms with Crippen molar-refractivity contribution in [1.29, 1.82) is 0 Å². The second kappa shape index (κ2) is 5.46. The van der Waals surface area contributed by atoms with E-state index in [9.17, 15) is 17.6 Å². The van der Waals surface area contributed by atoms with Crippen LogP contribution in [0, 0.1) is 11.2 Å². The van der Waals surface area contributed by atoms with E-state index in [4.69, 9.17) is 10.7 Å². The van der Waals surface area contributed by atoms with Gasteiger partial charge in [0, 0.05) is 17.1 Å². The van der Waals surface area contributed by atoms with Crippen LogP contribution in [0.2, 0.25) is 0 Å². The van der Waals surface area contributed by atoms with Crippen molar-refractivity contribution >= 4 is 31.3 Å². The van der Waals surface area contributed by atoms with Gasteiger partial charge in [0.05, 0.1) is 10.6 Å². The van der Waals surface area contributed by atoms with E-state index in [2.05, 4.69) is 5.32 Å². The maximum atomic E-state index is 13.6. The highest BCUT2D eigenvalue weighted by molar-refractivity contribution is 8.13. The van der Waals surface area contributed by atoms with Crippen molar-refractivity contribution in [3.05, 3.63) is 24.0 Å². The van der Waals surface area contributed by atoms with Crippen molar-refractivity contribution < 1.29 is 17.6 Å². The third kappa shape index (κ3) is 5.16. The van der Waals surface area contributed by atoms with Crippen LogP contribution in [0.15, 0.2) is 23.1 Å². The molecule has 0 radical (unpaired) electrons. The number of rotatable bonds is 3. The molecule has 0 aromatic heterocycles. The van der Waals surface area contributed by atoms with Gasteiger partial charge in [-0.2, -0.15) is 0 Å². The Morgan fingerprint density at radius 1 is 1.37 bits per heavy atom. The van der Waals surface area contributed by atoms with Crippen LogP contribution in [0.1, 0.15) is 27.2 Å². The van der Waals surface area contributed by atoms with Gasteiger partial charge in [-0.3, -0.25) is 4.79 Å². The number of amides is 1. The molecule has 106 valence electrons. The zero-order chi connectivity index (χ0) is 14.8. The Hall–Kier alpha value is -1.14. The number of benzene rings is 1. The molecule has 0 aliphatic heterocycles. The van der Waals surface area contributed by atoms with Gasteiger partial charge in [-0.1, -0.05) is 20.8 Å². The molecule has 0 fully saturated rings. The highest BCUT2D eigenvalue weighted by Crippen LogP contribution is 2.23. The predicted octanol–water partition coefficient (Wildman–Crippen LogP) is 3.13. The van der Waals surface area contributed by atoms with E-state index in [0.717, 1.165) is 12.1 Å². The normalized spacial score (nSPS) is 12.3. The van der Waals surface area contributed by atoms with Gasteiger partial charge in [0.2, 0.25) is 5.91 Å². The number of anilines is 1. The zero-order valence-corrected chi connectivity index (χ0v) is 12.4. The molecule has 0 unspecified atom stereocenters. The summed E-state index contributed by atoms with van der Waals surface area (Å²) in [5.41, 5.74) is -0.293. The van der Waals surface area contributed by atoms with Gasteiger partial charge in [0.25, 0.3) is 9.05 Å². The fourth-order valence-electron chi connectivity index (χ4n) is 1.42. The third-order valence-electron chi connectivity index (χ3n) is 2.19. The molecular formula is C12H15ClFNO3S. The number of hydrogen-bond acceptors (Lipinski definition) is 3. The number of carbonyl (C=O) groups is 1. The minimum absolute atomic E-state index is 0.0710. The van der Waals surface area contributed by atoms with E-state index in [-0.39, 0.29) is 28.3 Å². The fraction of sp³-hybridized carbons (Fsp3) is 0.417. The summed E-state index contributed by atoms with van der Waals surface area (Å²) in [4.78, 5) is 11.3. The Balaban J connectivity index is 2.90. The van der Waals surface area contributed by atoms with Gasteiger partial charge in [0.1, 0.15) is 5.82 Å². The van der Waals surface area contributed by atoms with E-state index >= 15 is 0 Å². The van der Waals surface area contributed by atoms with Gasteiger partial charge < -0.3 is 5.32 Å². The van der Waals surface area contributed by atoms with Crippen LogP contribution in [0.25, 0.3) is 0 Å². The largest absolute Gasteiger partial charge is 0.324 e. The number of nitrogens with one attached hydrogen (secondary N) is 1. The zero-order valence-electron chi connectivity index (χ0n) is 10.8. The molecule has 0 spiro atoms. The first-order valence-corrected chi connectivity index (χ1v) is 7.84. The molecule has 0 aliphatic rings. The van der Waals surface area contributed by atoms with E-state index in [1.54, 1.807) is 0 Å². The molecule has 0 heterocycles. The smallest absolute Gasteiger partial charge is 0.261 e. The maximum Gasteiger partial charge on any atom is 0.261 e. The van der Waals surface area contributed by atoms with Gasteiger partial charge in [0.15, 0.2) is 0 Å². The summed E-state index contributed by atoms with van der Waals surface area (Å²) in [7, 11) is 1.11. The highest BCUT2D eigenvalue weighted by atomic mass is 35.7. The lowest BCUT2D eigenvalue weighted by atomic mass is 9.92. The quantitative estimate of drug-likeness (QED) is 0.873. The van der Waals surface area contributed by atoms with Gasteiger partial charge in [-0.05, 0) is 23.6 Å². The van der Waals surface area contributed by atoms with E-state index in [0.29, 0.717) is 0 Å². The molecule has 0 atom stereocenters. The van der Waals surface area contributed by atoms with Crippen molar-refractivity contribution in [3.63, 3.8) is 0 Å². The first-order chi connectivity index (χ1) is 8.49. The summed E-state index contributed by atoms with van der Waals surface area (Å²) in [6.07, 6.45) is 0.224. The lowest BCUT2D eigenvalue weighted by Crippen LogP contribution is -2.20. The molecule has 7 heteroatoms. The molecule has 4 nitrogen and oxygen atoms in total. The Labute approximate surface area is 116 Å².